The Balaban J connectivity index is 2.85. The molecule has 120 valence electrons. The van der Waals surface area contributed by atoms with Crippen molar-refractivity contribution in [1.29, 1.82) is 0 Å². The van der Waals surface area contributed by atoms with Crippen molar-refractivity contribution in [3.8, 4) is 5.75 Å². The molecule has 2 N–H and O–H groups in total. The van der Waals surface area contributed by atoms with Crippen LogP contribution in [0.25, 0.3) is 0 Å². The predicted octanol–water partition coefficient (Wildman–Crippen LogP) is 2.51. The average Bonchev–Trinajstić information content (AvgIpc) is 2.43. The molecule has 0 aliphatic rings. The van der Waals surface area contributed by atoms with Crippen LogP contribution in [0.4, 0.5) is 22.0 Å². The minimum absolute atomic E-state index is 0.0379. The van der Waals surface area contributed by atoms with Gasteiger partial charge in [0.25, 0.3) is 0 Å². The highest BCUT2D eigenvalue weighted by Gasteiger charge is 2.29. The second-order valence-corrected chi connectivity index (χ2v) is 4.86. The molecule has 0 amide bonds. The number of ether oxygens (including phenoxy) is 1. The molecule has 3 nitrogen and oxygen atoms in total. The van der Waals surface area contributed by atoms with Gasteiger partial charge in [0, 0.05) is 6.54 Å². The lowest BCUT2D eigenvalue weighted by molar-refractivity contribution is 0.00942. The van der Waals surface area contributed by atoms with Gasteiger partial charge < -0.3 is 15.2 Å². The maximum absolute atomic E-state index is 13.3. The van der Waals surface area contributed by atoms with Gasteiger partial charge in [-0.2, -0.15) is 8.78 Å². The van der Waals surface area contributed by atoms with Crippen LogP contribution in [0.15, 0.2) is 0 Å². The van der Waals surface area contributed by atoms with E-state index < -0.39 is 47.0 Å². The summed E-state index contributed by atoms with van der Waals surface area (Å²) < 4.78 is 70.0. The van der Waals surface area contributed by atoms with Crippen LogP contribution in [0.1, 0.15) is 20.3 Å². The number of halogens is 5. The quantitative estimate of drug-likeness (QED) is 0.352. The van der Waals surface area contributed by atoms with Crippen LogP contribution in [0, 0.1) is 29.1 Å². The van der Waals surface area contributed by atoms with Crippen LogP contribution in [-0.2, 0) is 0 Å². The molecule has 0 radical (unpaired) electrons. The summed E-state index contributed by atoms with van der Waals surface area (Å²) >= 11 is 0. The Morgan fingerprint density at radius 1 is 1.00 bits per heavy atom. The van der Waals surface area contributed by atoms with Crippen LogP contribution in [-0.4, -0.2) is 30.4 Å². The number of nitrogens with one attached hydrogen (secondary N) is 1. The summed E-state index contributed by atoms with van der Waals surface area (Å²) in [4.78, 5) is 0. The van der Waals surface area contributed by atoms with Crippen molar-refractivity contribution in [2.45, 2.75) is 25.9 Å². The van der Waals surface area contributed by atoms with Gasteiger partial charge in [0.2, 0.25) is 29.1 Å². The Morgan fingerprint density at radius 2 is 1.48 bits per heavy atom. The van der Waals surface area contributed by atoms with E-state index in [2.05, 4.69) is 10.1 Å². The summed E-state index contributed by atoms with van der Waals surface area (Å²) in [6.45, 7) is 3.20. The van der Waals surface area contributed by atoms with Crippen LogP contribution >= 0.6 is 0 Å². The maximum atomic E-state index is 13.3. The van der Waals surface area contributed by atoms with Crippen molar-refractivity contribution in [2.24, 2.45) is 0 Å². The van der Waals surface area contributed by atoms with E-state index in [-0.39, 0.29) is 6.54 Å². The zero-order chi connectivity index (χ0) is 16.2. The third kappa shape index (κ3) is 4.28. The molecule has 0 fully saturated rings. The molecule has 1 rings (SSSR count). The van der Waals surface area contributed by atoms with Gasteiger partial charge in [0.1, 0.15) is 12.2 Å². The zero-order valence-corrected chi connectivity index (χ0v) is 11.6. The summed E-state index contributed by atoms with van der Waals surface area (Å²) in [7, 11) is 0. The first-order chi connectivity index (χ1) is 9.71. The minimum atomic E-state index is -2.26. The molecule has 8 heteroatoms. The Kier molecular flexibility index (Phi) is 5.91. The number of rotatable bonds is 7. The van der Waals surface area contributed by atoms with Crippen LogP contribution in [0.3, 0.4) is 0 Å². The van der Waals surface area contributed by atoms with E-state index in [1.165, 1.54) is 6.92 Å². The number of hydrogen-bond acceptors (Lipinski definition) is 3. The van der Waals surface area contributed by atoms with Gasteiger partial charge in [-0.25, -0.2) is 13.2 Å². The summed E-state index contributed by atoms with van der Waals surface area (Å²) in [5.41, 5.74) is -1.53. The normalized spacial score (nSPS) is 14.1. The van der Waals surface area contributed by atoms with Gasteiger partial charge in [0.05, 0.1) is 0 Å². The lowest BCUT2D eigenvalue weighted by atomic mass is 10.1. The topological polar surface area (TPSA) is 41.5 Å². The van der Waals surface area contributed by atoms with Crippen molar-refractivity contribution in [1.82, 2.24) is 5.32 Å². The molecule has 0 saturated heterocycles. The van der Waals surface area contributed by atoms with Crippen LogP contribution < -0.4 is 10.1 Å². The van der Waals surface area contributed by atoms with E-state index in [4.69, 9.17) is 0 Å². The van der Waals surface area contributed by atoms with Gasteiger partial charge in [0.15, 0.2) is 5.75 Å². The molecule has 0 aliphatic heterocycles. The molecule has 0 heterocycles. The van der Waals surface area contributed by atoms with E-state index in [9.17, 15) is 27.1 Å². The van der Waals surface area contributed by atoms with Gasteiger partial charge in [-0.1, -0.05) is 6.92 Å². The van der Waals surface area contributed by atoms with Gasteiger partial charge >= 0.3 is 0 Å². The molecule has 0 spiro atoms. The highest BCUT2D eigenvalue weighted by molar-refractivity contribution is 5.29. The first-order valence-corrected chi connectivity index (χ1v) is 6.28. The fourth-order valence-corrected chi connectivity index (χ4v) is 1.52. The van der Waals surface area contributed by atoms with E-state index in [0.29, 0.717) is 6.54 Å². The molecule has 0 aromatic heterocycles. The number of benzene rings is 1. The molecule has 0 saturated carbocycles. The van der Waals surface area contributed by atoms with Gasteiger partial charge in [-0.3, -0.25) is 0 Å². The largest absolute Gasteiger partial charge is 0.484 e. The van der Waals surface area contributed by atoms with E-state index in [1.54, 1.807) is 0 Å². The summed E-state index contributed by atoms with van der Waals surface area (Å²) in [6, 6.07) is 0. The number of aliphatic hydroxyl groups is 1. The van der Waals surface area contributed by atoms with Gasteiger partial charge in [-0.05, 0) is 19.9 Å². The number of hydrogen-bond donors (Lipinski definition) is 2. The van der Waals surface area contributed by atoms with E-state index in [1.807, 2.05) is 6.92 Å². The lowest BCUT2D eigenvalue weighted by Gasteiger charge is -2.24. The van der Waals surface area contributed by atoms with Crippen molar-refractivity contribution in [3.63, 3.8) is 0 Å². The second-order valence-electron chi connectivity index (χ2n) is 4.86. The van der Waals surface area contributed by atoms with E-state index >= 15 is 0 Å². The molecule has 1 aromatic carbocycles. The standard InChI is InChI=1S/C13H16F5NO2/c1-3-4-19-5-13(2,20)6-21-12-10(17)8(15)7(14)9(16)11(12)18/h19-20H,3-6H2,1-2H3. The second kappa shape index (κ2) is 7.04. The van der Waals surface area contributed by atoms with Crippen molar-refractivity contribution in [2.75, 3.05) is 19.7 Å². The molecule has 1 unspecified atom stereocenters. The molecular formula is C13H16F5NO2. The summed E-state index contributed by atoms with van der Waals surface area (Å²) in [5.74, 6) is -12.0. The minimum Gasteiger partial charge on any atom is -0.484 e. The summed E-state index contributed by atoms with van der Waals surface area (Å²) in [5, 5.41) is 12.7. The van der Waals surface area contributed by atoms with Crippen molar-refractivity contribution < 1.29 is 31.8 Å². The third-order valence-electron chi connectivity index (χ3n) is 2.63. The zero-order valence-electron chi connectivity index (χ0n) is 11.6. The lowest BCUT2D eigenvalue weighted by Crippen LogP contribution is -2.43. The fraction of sp³-hybridized carbons (Fsp3) is 0.538. The first kappa shape index (κ1) is 17.6. The van der Waals surface area contributed by atoms with Crippen molar-refractivity contribution >= 4 is 0 Å². The van der Waals surface area contributed by atoms with Crippen molar-refractivity contribution in [3.05, 3.63) is 29.1 Å². The van der Waals surface area contributed by atoms with Gasteiger partial charge in [-0.15, -0.1) is 0 Å². The first-order valence-electron chi connectivity index (χ1n) is 6.28. The Morgan fingerprint density at radius 3 is 1.95 bits per heavy atom. The Hall–Kier alpha value is -1.41. The Labute approximate surface area is 118 Å². The fourth-order valence-electron chi connectivity index (χ4n) is 1.52. The highest BCUT2D eigenvalue weighted by atomic mass is 19.2. The molecular weight excluding hydrogens is 297 g/mol. The summed E-state index contributed by atoms with van der Waals surface area (Å²) in [6.07, 6.45) is 0.800. The average molecular weight is 313 g/mol. The third-order valence-corrected chi connectivity index (χ3v) is 2.63. The maximum Gasteiger partial charge on any atom is 0.206 e. The highest BCUT2D eigenvalue weighted by Crippen LogP contribution is 2.29. The molecule has 0 aliphatic carbocycles. The van der Waals surface area contributed by atoms with Crippen LogP contribution in [0.2, 0.25) is 0 Å². The SMILES string of the molecule is CCCNCC(C)(O)COc1c(F)c(F)c(F)c(F)c1F. The molecule has 21 heavy (non-hydrogen) atoms. The Bertz CT molecular complexity index is 479. The molecule has 1 atom stereocenters. The van der Waals surface area contributed by atoms with E-state index in [0.717, 1.165) is 6.42 Å². The molecule has 1 aromatic rings. The smallest absolute Gasteiger partial charge is 0.206 e. The molecule has 0 bridgehead atoms. The predicted molar refractivity (Wildman–Crippen MR) is 65.5 cm³/mol. The monoisotopic (exact) mass is 313 g/mol. The van der Waals surface area contributed by atoms with Crippen LogP contribution in [0.5, 0.6) is 5.75 Å².